The Hall–Kier alpha value is -3.45. The van der Waals surface area contributed by atoms with Crippen LogP contribution < -0.4 is 4.74 Å². The Balaban J connectivity index is 2.45. The fraction of sp³-hybridized carbons (Fsp3) is 0. The monoisotopic (exact) mass is 283 g/mol. The molecule has 2 aromatic carbocycles. The highest BCUT2D eigenvalue weighted by atomic mass is 19.1. The molecule has 0 aliphatic rings. The van der Waals surface area contributed by atoms with Gasteiger partial charge in [0.05, 0.1) is 28.2 Å². The average molecular weight is 283 g/mol. The molecule has 102 valence electrons. The Morgan fingerprint density at radius 1 is 1.10 bits per heavy atom. The number of hydrogen-bond donors (Lipinski definition) is 0. The van der Waals surface area contributed by atoms with E-state index in [1.165, 1.54) is 18.2 Å². The standard InChI is InChI=1S/C14H6FN3O3/c15-11-3-10(8-17)4-12(6-11)21-14-2-1-9(7-16)5-13(14)18(19)20/h1-6H. The van der Waals surface area contributed by atoms with Crippen LogP contribution >= 0.6 is 0 Å². The summed E-state index contributed by atoms with van der Waals surface area (Å²) >= 11 is 0. The van der Waals surface area contributed by atoms with Crippen molar-refractivity contribution in [1.29, 1.82) is 10.5 Å². The minimum Gasteiger partial charge on any atom is -0.450 e. The zero-order valence-electron chi connectivity index (χ0n) is 10.4. The third kappa shape index (κ3) is 3.11. The average Bonchev–Trinajstić information content (AvgIpc) is 2.46. The molecule has 6 nitrogen and oxygen atoms in total. The van der Waals surface area contributed by atoms with Crippen LogP contribution in [0.3, 0.4) is 0 Å². The number of hydrogen-bond acceptors (Lipinski definition) is 5. The van der Waals surface area contributed by atoms with Gasteiger partial charge in [-0.2, -0.15) is 10.5 Å². The van der Waals surface area contributed by atoms with Crippen LogP contribution in [-0.2, 0) is 0 Å². The van der Waals surface area contributed by atoms with Gasteiger partial charge in [-0.15, -0.1) is 0 Å². The Morgan fingerprint density at radius 3 is 2.43 bits per heavy atom. The van der Waals surface area contributed by atoms with Gasteiger partial charge in [-0.25, -0.2) is 4.39 Å². The quantitative estimate of drug-likeness (QED) is 0.635. The van der Waals surface area contributed by atoms with Crippen LogP contribution in [0.1, 0.15) is 11.1 Å². The van der Waals surface area contributed by atoms with Gasteiger partial charge >= 0.3 is 5.69 Å². The highest BCUT2D eigenvalue weighted by Crippen LogP contribution is 2.32. The smallest absolute Gasteiger partial charge is 0.312 e. The second-order valence-corrected chi connectivity index (χ2v) is 3.94. The van der Waals surface area contributed by atoms with Gasteiger partial charge in [-0.3, -0.25) is 10.1 Å². The lowest BCUT2D eigenvalue weighted by Gasteiger charge is -2.07. The van der Waals surface area contributed by atoms with Crippen molar-refractivity contribution in [3.8, 4) is 23.6 Å². The molecule has 0 amide bonds. The molecule has 0 aromatic heterocycles. The lowest BCUT2D eigenvalue weighted by atomic mass is 10.2. The van der Waals surface area contributed by atoms with E-state index in [9.17, 15) is 14.5 Å². The van der Waals surface area contributed by atoms with E-state index in [-0.39, 0.29) is 22.6 Å². The number of nitrogens with zero attached hydrogens (tertiary/aromatic N) is 3. The van der Waals surface area contributed by atoms with Crippen molar-refractivity contribution in [2.45, 2.75) is 0 Å². The molecule has 0 fully saturated rings. The van der Waals surface area contributed by atoms with E-state index in [1.54, 1.807) is 12.1 Å². The topological polar surface area (TPSA) is 99.9 Å². The maximum atomic E-state index is 13.3. The summed E-state index contributed by atoms with van der Waals surface area (Å²) in [6.07, 6.45) is 0. The Kier molecular flexibility index (Phi) is 3.78. The molecular formula is C14H6FN3O3. The predicted molar refractivity (Wildman–Crippen MR) is 69.0 cm³/mol. The van der Waals surface area contributed by atoms with Crippen molar-refractivity contribution in [2.75, 3.05) is 0 Å². The summed E-state index contributed by atoms with van der Waals surface area (Å²) in [5, 5.41) is 28.4. The minimum absolute atomic E-state index is 0.0290. The van der Waals surface area contributed by atoms with Crippen molar-refractivity contribution < 1.29 is 14.1 Å². The number of nitro benzene ring substituents is 1. The maximum Gasteiger partial charge on any atom is 0.312 e. The summed E-state index contributed by atoms with van der Waals surface area (Å²) in [5.41, 5.74) is -0.288. The number of nitriles is 2. The largest absolute Gasteiger partial charge is 0.450 e. The van der Waals surface area contributed by atoms with Crippen LogP contribution in [-0.4, -0.2) is 4.92 Å². The first-order valence-corrected chi connectivity index (χ1v) is 5.60. The van der Waals surface area contributed by atoms with E-state index >= 15 is 0 Å². The Morgan fingerprint density at radius 2 is 1.81 bits per heavy atom. The van der Waals surface area contributed by atoms with Gasteiger partial charge in [0.1, 0.15) is 11.6 Å². The molecule has 0 saturated heterocycles. The highest BCUT2D eigenvalue weighted by molar-refractivity contribution is 5.53. The lowest BCUT2D eigenvalue weighted by molar-refractivity contribution is -0.385. The molecule has 2 rings (SSSR count). The van der Waals surface area contributed by atoms with Crippen molar-refractivity contribution in [3.63, 3.8) is 0 Å². The second kappa shape index (κ2) is 5.68. The lowest BCUT2D eigenvalue weighted by Crippen LogP contribution is -1.95. The zero-order chi connectivity index (χ0) is 15.4. The van der Waals surface area contributed by atoms with Crippen LogP contribution in [0.2, 0.25) is 0 Å². The first kappa shape index (κ1) is 14.0. The van der Waals surface area contributed by atoms with E-state index in [2.05, 4.69) is 0 Å². The molecule has 7 heteroatoms. The number of rotatable bonds is 3. The Bertz CT molecular complexity index is 806. The molecule has 0 aliphatic heterocycles. The summed E-state index contributed by atoms with van der Waals surface area (Å²) in [6.45, 7) is 0. The minimum atomic E-state index is -0.708. The van der Waals surface area contributed by atoms with Crippen molar-refractivity contribution >= 4 is 5.69 Å². The molecule has 2 aromatic rings. The number of halogens is 1. The molecule has 0 atom stereocenters. The Labute approximate surface area is 118 Å². The van der Waals surface area contributed by atoms with Crippen LogP contribution in [0.4, 0.5) is 10.1 Å². The van der Waals surface area contributed by atoms with Crippen LogP contribution in [0.5, 0.6) is 11.5 Å². The number of benzene rings is 2. The first-order chi connectivity index (χ1) is 10.0. The van der Waals surface area contributed by atoms with Gasteiger partial charge in [-0.05, 0) is 24.3 Å². The van der Waals surface area contributed by atoms with Crippen molar-refractivity contribution in [1.82, 2.24) is 0 Å². The maximum absolute atomic E-state index is 13.3. The second-order valence-electron chi connectivity index (χ2n) is 3.94. The van der Waals surface area contributed by atoms with Gasteiger partial charge in [-0.1, -0.05) is 0 Å². The predicted octanol–water partition coefficient (Wildman–Crippen LogP) is 3.27. The van der Waals surface area contributed by atoms with Gasteiger partial charge < -0.3 is 4.74 Å². The van der Waals surface area contributed by atoms with Crippen LogP contribution in [0.25, 0.3) is 0 Å². The first-order valence-electron chi connectivity index (χ1n) is 5.60. The summed E-state index contributed by atoms with van der Waals surface area (Å²) in [4.78, 5) is 10.3. The summed E-state index contributed by atoms with van der Waals surface area (Å²) in [5.74, 6) is -0.881. The van der Waals surface area contributed by atoms with E-state index in [4.69, 9.17) is 15.3 Å². The van der Waals surface area contributed by atoms with Gasteiger partial charge in [0, 0.05) is 12.1 Å². The van der Waals surface area contributed by atoms with Crippen LogP contribution in [0, 0.1) is 38.6 Å². The molecule has 0 radical (unpaired) electrons. The molecule has 0 spiro atoms. The SMILES string of the molecule is N#Cc1cc(F)cc(Oc2ccc(C#N)cc2[N+](=O)[O-])c1. The summed E-state index contributed by atoms with van der Waals surface area (Å²) in [6, 6.07) is 10.4. The van der Waals surface area contributed by atoms with E-state index in [0.29, 0.717) is 0 Å². The highest BCUT2D eigenvalue weighted by Gasteiger charge is 2.17. The van der Waals surface area contributed by atoms with Gasteiger partial charge in [0.25, 0.3) is 0 Å². The fourth-order valence-corrected chi connectivity index (χ4v) is 1.63. The van der Waals surface area contributed by atoms with Crippen molar-refractivity contribution in [2.24, 2.45) is 0 Å². The van der Waals surface area contributed by atoms with Gasteiger partial charge in [0.2, 0.25) is 5.75 Å². The third-order valence-corrected chi connectivity index (χ3v) is 2.51. The normalized spacial score (nSPS) is 9.48. The number of nitro groups is 1. The third-order valence-electron chi connectivity index (χ3n) is 2.51. The van der Waals surface area contributed by atoms with E-state index < -0.39 is 16.4 Å². The molecule has 0 saturated carbocycles. The zero-order valence-corrected chi connectivity index (χ0v) is 10.4. The molecule has 0 unspecified atom stereocenters. The number of ether oxygens (including phenoxy) is 1. The summed E-state index contributed by atoms with van der Waals surface area (Å²) in [7, 11) is 0. The molecule has 0 bridgehead atoms. The molecule has 0 aliphatic carbocycles. The summed E-state index contributed by atoms with van der Waals surface area (Å²) < 4.78 is 18.5. The van der Waals surface area contributed by atoms with E-state index in [0.717, 1.165) is 18.2 Å². The fourth-order valence-electron chi connectivity index (χ4n) is 1.63. The molecule has 21 heavy (non-hydrogen) atoms. The van der Waals surface area contributed by atoms with Crippen LogP contribution in [0.15, 0.2) is 36.4 Å². The van der Waals surface area contributed by atoms with Crippen molar-refractivity contribution in [3.05, 3.63) is 63.5 Å². The molecule has 0 heterocycles. The molecule has 0 N–H and O–H groups in total. The van der Waals surface area contributed by atoms with Gasteiger partial charge in [0.15, 0.2) is 0 Å². The van der Waals surface area contributed by atoms with E-state index in [1.807, 2.05) is 0 Å². The molecular weight excluding hydrogens is 277 g/mol.